The lowest BCUT2D eigenvalue weighted by Crippen LogP contribution is -2.44. The SMILES string of the molecule is CCCCCCCCCCCCCC(=O)Oc1ccc2nc3c(cc2c1)Cn1c-3cc2c(c1=O)COC(=O)[C@]2(O)CC. The van der Waals surface area contributed by atoms with Gasteiger partial charge in [-0.05, 0) is 43.2 Å². The summed E-state index contributed by atoms with van der Waals surface area (Å²) in [7, 11) is 0. The number of rotatable bonds is 14. The molecule has 5 rings (SSSR count). The Kier molecular flexibility index (Phi) is 9.41. The van der Waals surface area contributed by atoms with Crippen LogP contribution in [0.5, 0.6) is 5.75 Å². The molecule has 0 saturated heterocycles. The average Bonchev–Trinajstić information content (AvgIpc) is 3.34. The Morgan fingerprint density at radius 2 is 1.67 bits per heavy atom. The first-order valence-electron chi connectivity index (χ1n) is 15.7. The molecular formula is C34H42N2O6. The number of hydrogen-bond acceptors (Lipinski definition) is 7. The summed E-state index contributed by atoms with van der Waals surface area (Å²) in [4.78, 5) is 43.0. The molecule has 0 saturated carbocycles. The van der Waals surface area contributed by atoms with Gasteiger partial charge in [0, 0.05) is 22.9 Å². The van der Waals surface area contributed by atoms with Crippen molar-refractivity contribution in [3.8, 4) is 17.1 Å². The van der Waals surface area contributed by atoms with Crippen LogP contribution >= 0.6 is 0 Å². The van der Waals surface area contributed by atoms with E-state index in [1.807, 2.05) is 6.07 Å². The Bertz CT molecular complexity index is 1530. The van der Waals surface area contributed by atoms with Gasteiger partial charge in [-0.3, -0.25) is 9.59 Å². The second-order valence-corrected chi connectivity index (χ2v) is 11.7. The number of carbonyl (C=O) groups excluding carboxylic acids is 2. The first kappa shape index (κ1) is 30.0. The van der Waals surface area contributed by atoms with Crippen molar-refractivity contribution < 1.29 is 24.2 Å². The van der Waals surface area contributed by atoms with E-state index in [2.05, 4.69) is 6.92 Å². The fraction of sp³-hybridized carbons (Fsp3) is 0.529. The van der Waals surface area contributed by atoms with Crippen molar-refractivity contribution in [2.24, 2.45) is 0 Å². The smallest absolute Gasteiger partial charge is 0.343 e. The summed E-state index contributed by atoms with van der Waals surface area (Å²) in [6, 6.07) is 9.01. The highest BCUT2D eigenvalue weighted by Gasteiger charge is 2.45. The molecule has 0 bridgehead atoms. The monoisotopic (exact) mass is 574 g/mol. The Morgan fingerprint density at radius 1 is 0.976 bits per heavy atom. The quantitative estimate of drug-likeness (QED) is 0.102. The Hall–Kier alpha value is -3.52. The molecule has 3 aromatic rings. The van der Waals surface area contributed by atoms with E-state index in [1.165, 1.54) is 51.4 Å². The first-order chi connectivity index (χ1) is 20.4. The number of benzene rings is 1. The fourth-order valence-electron chi connectivity index (χ4n) is 6.14. The van der Waals surface area contributed by atoms with Crippen LogP contribution < -0.4 is 10.3 Å². The van der Waals surface area contributed by atoms with Crippen molar-refractivity contribution >= 4 is 22.8 Å². The number of cyclic esters (lactones) is 1. The van der Waals surface area contributed by atoms with Crippen LogP contribution in [-0.4, -0.2) is 26.6 Å². The van der Waals surface area contributed by atoms with E-state index >= 15 is 0 Å². The third-order valence-electron chi connectivity index (χ3n) is 8.70. The first-order valence-corrected chi connectivity index (χ1v) is 15.7. The number of aliphatic hydroxyl groups is 1. The number of hydrogen-bond donors (Lipinski definition) is 1. The highest BCUT2D eigenvalue weighted by molar-refractivity contribution is 5.87. The van der Waals surface area contributed by atoms with E-state index < -0.39 is 11.6 Å². The summed E-state index contributed by atoms with van der Waals surface area (Å²) in [6.07, 6.45) is 14.0. The molecule has 1 atom stereocenters. The van der Waals surface area contributed by atoms with Crippen molar-refractivity contribution in [1.82, 2.24) is 9.55 Å². The van der Waals surface area contributed by atoms with E-state index in [9.17, 15) is 19.5 Å². The molecule has 0 unspecified atom stereocenters. The van der Waals surface area contributed by atoms with E-state index in [1.54, 1.807) is 35.8 Å². The van der Waals surface area contributed by atoms with E-state index in [0.717, 1.165) is 30.2 Å². The van der Waals surface area contributed by atoms with Crippen LogP contribution in [0.25, 0.3) is 22.3 Å². The second kappa shape index (κ2) is 13.2. The summed E-state index contributed by atoms with van der Waals surface area (Å²) in [5.41, 5.74) is 1.20. The summed E-state index contributed by atoms with van der Waals surface area (Å²) < 4.78 is 12.4. The number of nitrogens with zero attached hydrogens (tertiary/aromatic N) is 2. The normalized spacial score (nSPS) is 17.1. The lowest BCUT2D eigenvalue weighted by Gasteiger charge is -2.31. The Morgan fingerprint density at radius 3 is 2.36 bits per heavy atom. The molecule has 8 heteroatoms. The van der Waals surface area contributed by atoms with Crippen LogP contribution in [0.2, 0.25) is 0 Å². The molecule has 0 aliphatic carbocycles. The molecule has 0 amide bonds. The molecule has 8 nitrogen and oxygen atoms in total. The number of pyridine rings is 2. The van der Waals surface area contributed by atoms with Gasteiger partial charge in [0.25, 0.3) is 5.56 Å². The number of carbonyl (C=O) groups is 2. The maximum absolute atomic E-state index is 13.3. The van der Waals surface area contributed by atoms with Crippen LogP contribution in [-0.2, 0) is 33.1 Å². The number of unbranched alkanes of at least 4 members (excludes halogenated alkanes) is 10. The van der Waals surface area contributed by atoms with E-state index in [-0.39, 0.29) is 24.6 Å². The van der Waals surface area contributed by atoms with Gasteiger partial charge in [-0.15, -0.1) is 0 Å². The molecule has 2 aliphatic heterocycles. The number of fused-ring (bicyclic) bond motifs is 5. The van der Waals surface area contributed by atoms with Gasteiger partial charge >= 0.3 is 11.9 Å². The van der Waals surface area contributed by atoms with Gasteiger partial charge in [-0.2, -0.15) is 0 Å². The predicted molar refractivity (Wildman–Crippen MR) is 161 cm³/mol. The van der Waals surface area contributed by atoms with Gasteiger partial charge < -0.3 is 19.1 Å². The zero-order chi connectivity index (χ0) is 29.7. The Balaban J connectivity index is 1.19. The van der Waals surface area contributed by atoms with Crippen LogP contribution in [0.4, 0.5) is 0 Å². The van der Waals surface area contributed by atoms with Gasteiger partial charge in [0.2, 0.25) is 0 Å². The molecule has 42 heavy (non-hydrogen) atoms. The van der Waals surface area contributed by atoms with Gasteiger partial charge in [-0.25, -0.2) is 9.78 Å². The fourth-order valence-corrected chi connectivity index (χ4v) is 6.14. The topological polar surface area (TPSA) is 108 Å². The maximum Gasteiger partial charge on any atom is 0.343 e. The van der Waals surface area contributed by atoms with Gasteiger partial charge in [-0.1, -0.05) is 78.1 Å². The van der Waals surface area contributed by atoms with Crippen molar-refractivity contribution in [3.05, 3.63) is 57.4 Å². The summed E-state index contributed by atoms with van der Waals surface area (Å²) in [6.45, 7) is 4.09. The molecule has 2 aliphatic rings. The molecule has 1 aromatic carbocycles. The average molecular weight is 575 g/mol. The molecule has 1 N–H and O–H groups in total. The van der Waals surface area contributed by atoms with Crippen LogP contribution in [0.1, 0.15) is 114 Å². The van der Waals surface area contributed by atoms with Crippen molar-refractivity contribution in [2.75, 3.05) is 0 Å². The van der Waals surface area contributed by atoms with Gasteiger partial charge in [0.15, 0.2) is 5.60 Å². The molecule has 2 aromatic heterocycles. The number of esters is 2. The van der Waals surface area contributed by atoms with E-state index in [0.29, 0.717) is 46.7 Å². The summed E-state index contributed by atoms with van der Waals surface area (Å²) in [5.74, 6) is -0.495. The molecule has 0 fully saturated rings. The van der Waals surface area contributed by atoms with Crippen molar-refractivity contribution in [1.29, 1.82) is 0 Å². The highest BCUT2D eigenvalue weighted by Crippen LogP contribution is 2.39. The Labute approximate surface area is 247 Å². The number of ether oxygens (including phenoxy) is 2. The van der Waals surface area contributed by atoms with Crippen molar-refractivity contribution in [3.63, 3.8) is 0 Å². The predicted octanol–water partition coefficient (Wildman–Crippen LogP) is 6.69. The van der Waals surface area contributed by atoms with Crippen LogP contribution in [0.15, 0.2) is 35.1 Å². The standard InChI is InChI=1S/C34H42N2O6/c1-3-5-6-7-8-9-10-11-12-13-14-15-30(37)42-25-16-17-28-23(19-25)18-24-21-36-29(31(24)35-28)20-27-26(32(36)38)22-41-33(39)34(27,40)4-2/h16-20,40H,3-15,21-22H2,1-2H3/t34-/m0/s1. The lowest BCUT2D eigenvalue weighted by atomic mass is 9.86. The van der Waals surface area contributed by atoms with Gasteiger partial charge in [0.05, 0.1) is 29.0 Å². The third kappa shape index (κ3) is 6.14. The van der Waals surface area contributed by atoms with Gasteiger partial charge in [0.1, 0.15) is 12.4 Å². The molecule has 0 radical (unpaired) electrons. The van der Waals surface area contributed by atoms with Crippen LogP contribution in [0.3, 0.4) is 0 Å². The van der Waals surface area contributed by atoms with E-state index in [4.69, 9.17) is 14.5 Å². The lowest BCUT2D eigenvalue weighted by molar-refractivity contribution is -0.172. The zero-order valence-corrected chi connectivity index (χ0v) is 24.9. The third-order valence-corrected chi connectivity index (χ3v) is 8.70. The maximum atomic E-state index is 13.3. The zero-order valence-electron chi connectivity index (χ0n) is 24.9. The largest absolute Gasteiger partial charge is 0.458 e. The van der Waals surface area contributed by atoms with Crippen LogP contribution in [0, 0.1) is 0 Å². The molecular weight excluding hydrogens is 532 g/mol. The molecule has 0 spiro atoms. The van der Waals surface area contributed by atoms with Crippen molar-refractivity contribution in [2.45, 2.75) is 116 Å². The highest BCUT2D eigenvalue weighted by atomic mass is 16.6. The summed E-state index contributed by atoms with van der Waals surface area (Å²) >= 11 is 0. The minimum Gasteiger partial charge on any atom is -0.458 e. The molecule has 4 heterocycles. The summed E-state index contributed by atoms with van der Waals surface area (Å²) in [5, 5.41) is 11.8. The minimum absolute atomic E-state index is 0.0977. The molecule has 224 valence electrons. The minimum atomic E-state index is -1.85. The second-order valence-electron chi connectivity index (χ2n) is 11.7. The number of aromatic nitrogens is 2.